The predicted octanol–water partition coefficient (Wildman–Crippen LogP) is 6.12. The molecule has 2 amide bonds. The maximum absolute atomic E-state index is 15.0. The van der Waals surface area contributed by atoms with Gasteiger partial charge in [0.2, 0.25) is 11.7 Å². The zero-order valence-electron chi connectivity index (χ0n) is 27.0. The number of hydrogen-bond acceptors (Lipinski definition) is 6. The van der Waals surface area contributed by atoms with E-state index in [1.54, 1.807) is 34.6 Å². The highest BCUT2D eigenvalue weighted by molar-refractivity contribution is 6.38. The van der Waals surface area contributed by atoms with E-state index in [0.717, 1.165) is 5.56 Å². The fraction of sp³-hybridized carbons (Fsp3) is 0.676. The molecule has 244 valence electrons. The van der Waals surface area contributed by atoms with Crippen LogP contribution in [0.5, 0.6) is 0 Å². The average Bonchev–Trinajstić information content (AvgIpc) is 3.47. The Morgan fingerprint density at radius 1 is 1.05 bits per heavy atom. The molecule has 0 spiro atoms. The highest BCUT2D eigenvalue weighted by atomic mass is 19.3. The molecule has 3 rings (SSSR count). The summed E-state index contributed by atoms with van der Waals surface area (Å²) in [5.74, 6) is -8.51. The topological polar surface area (TPSA) is 110 Å². The molecule has 8 nitrogen and oxygen atoms in total. The van der Waals surface area contributed by atoms with Crippen molar-refractivity contribution in [3.8, 4) is 0 Å². The molecule has 1 aromatic rings. The number of halogens is 2. The van der Waals surface area contributed by atoms with Gasteiger partial charge in [-0.05, 0) is 49.5 Å². The third kappa shape index (κ3) is 8.30. The number of carbonyl (C=O) groups is 5. The smallest absolute Gasteiger partial charge is 0.408 e. The maximum atomic E-state index is 15.0. The van der Waals surface area contributed by atoms with Crippen molar-refractivity contribution in [3.63, 3.8) is 0 Å². The van der Waals surface area contributed by atoms with Crippen molar-refractivity contribution in [1.29, 1.82) is 0 Å². The minimum Gasteiger partial charge on any atom is -0.447 e. The molecule has 2 aliphatic rings. The van der Waals surface area contributed by atoms with Crippen molar-refractivity contribution in [2.75, 3.05) is 6.54 Å². The number of likely N-dealkylation sites (tertiary alicyclic amines) is 1. The number of ketones is 3. The zero-order valence-corrected chi connectivity index (χ0v) is 27.0. The van der Waals surface area contributed by atoms with Crippen molar-refractivity contribution in [2.45, 2.75) is 117 Å². The Morgan fingerprint density at radius 2 is 1.68 bits per heavy atom. The number of hydrogen-bond donors (Lipinski definition) is 1. The van der Waals surface area contributed by atoms with Crippen molar-refractivity contribution in [3.05, 3.63) is 35.9 Å². The van der Waals surface area contributed by atoms with Gasteiger partial charge in [0.15, 0.2) is 11.6 Å². The van der Waals surface area contributed by atoms with Crippen LogP contribution in [0.25, 0.3) is 0 Å². The molecule has 1 saturated heterocycles. The summed E-state index contributed by atoms with van der Waals surface area (Å²) in [7, 11) is 0. The van der Waals surface area contributed by atoms with E-state index in [0.29, 0.717) is 6.42 Å². The van der Waals surface area contributed by atoms with Crippen LogP contribution in [0.4, 0.5) is 13.6 Å². The van der Waals surface area contributed by atoms with Gasteiger partial charge in [0.25, 0.3) is 5.92 Å². The first-order chi connectivity index (χ1) is 20.5. The van der Waals surface area contributed by atoms with E-state index < -0.39 is 76.6 Å². The van der Waals surface area contributed by atoms with E-state index >= 15 is 8.78 Å². The lowest BCUT2D eigenvalue weighted by atomic mass is 9.82. The normalized spacial score (nSPS) is 23.0. The van der Waals surface area contributed by atoms with Gasteiger partial charge in [-0.15, -0.1) is 0 Å². The highest BCUT2D eigenvalue weighted by Crippen LogP contribution is 2.52. The van der Waals surface area contributed by atoms with Gasteiger partial charge < -0.3 is 15.0 Å². The summed E-state index contributed by atoms with van der Waals surface area (Å²) < 4.78 is 35.2. The third-order valence-corrected chi connectivity index (χ3v) is 8.93. The van der Waals surface area contributed by atoms with Crippen LogP contribution >= 0.6 is 0 Å². The summed E-state index contributed by atoms with van der Waals surface area (Å²) in [5, 5.41) is 2.59. The fourth-order valence-electron chi connectivity index (χ4n) is 6.63. The molecular weight excluding hydrogens is 570 g/mol. The molecule has 1 aliphatic heterocycles. The number of alkyl halides is 2. The molecule has 2 fully saturated rings. The van der Waals surface area contributed by atoms with E-state index in [2.05, 4.69) is 5.32 Å². The van der Waals surface area contributed by atoms with E-state index in [1.165, 1.54) is 4.90 Å². The second kappa shape index (κ2) is 14.3. The number of alkyl carbamates (subject to hydrolysis) is 1. The number of nitrogens with one attached hydrogen (secondary N) is 1. The van der Waals surface area contributed by atoms with Gasteiger partial charge in [0.1, 0.15) is 6.04 Å². The molecule has 1 unspecified atom stereocenters. The van der Waals surface area contributed by atoms with Crippen LogP contribution < -0.4 is 5.32 Å². The van der Waals surface area contributed by atoms with Crippen LogP contribution in [0, 0.1) is 23.2 Å². The molecule has 1 heterocycles. The Labute approximate surface area is 259 Å². The second-order valence-electron chi connectivity index (χ2n) is 13.9. The lowest BCUT2D eigenvalue weighted by molar-refractivity contribution is -0.144. The number of nitrogens with zero attached hydrogens (tertiary/aromatic N) is 1. The molecule has 1 aromatic carbocycles. The number of fused-ring (bicyclic) bond motifs is 1. The van der Waals surface area contributed by atoms with Crippen LogP contribution in [-0.4, -0.2) is 64.9 Å². The van der Waals surface area contributed by atoms with E-state index in [4.69, 9.17) is 4.74 Å². The van der Waals surface area contributed by atoms with Gasteiger partial charge in [-0.1, -0.05) is 71.4 Å². The molecule has 0 bridgehead atoms. The van der Waals surface area contributed by atoms with Crippen molar-refractivity contribution < 1.29 is 37.5 Å². The summed E-state index contributed by atoms with van der Waals surface area (Å²) >= 11 is 0. The maximum Gasteiger partial charge on any atom is 0.408 e. The second-order valence-corrected chi connectivity index (χ2v) is 13.9. The summed E-state index contributed by atoms with van der Waals surface area (Å²) in [6.07, 6.45) is -1.10. The Bertz CT molecular complexity index is 1210. The van der Waals surface area contributed by atoms with Crippen molar-refractivity contribution in [1.82, 2.24) is 10.2 Å². The molecule has 0 aromatic heterocycles. The molecule has 10 heteroatoms. The van der Waals surface area contributed by atoms with Gasteiger partial charge >= 0.3 is 6.09 Å². The number of rotatable bonds is 13. The quantitative estimate of drug-likeness (QED) is 0.267. The molecule has 1 N–H and O–H groups in total. The number of ether oxygens (including phenoxy) is 1. The minimum atomic E-state index is -3.05. The SMILES string of the molecule is CCCC(CC(=O)[C@@H]1[C@H]2CCC(F)(F)[C@H]2CN1C(=O)[C@@H](NC(=O)OC(C)C)C(C)(C)C)C(=O)C(=O)C[C@H](C)c1ccccc1. The molecule has 1 aliphatic carbocycles. The first-order valence-corrected chi connectivity index (χ1v) is 15.8. The van der Waals surface area contributed by atoms with Crippen LogP contribution in [0.2, 0.25) is 0 Å². The monoisotopic (exact) mass is 618 g/mol. The van der Waals surface area contributed by atoms with Crippen molar-refractivity contribution >= 4 is 29.4 Å². The molecule has 6 atom stereocenters. The van der Waals surface area contributed by atoms with E-state index in [9.17, 15) is 24.0 Å². The summed E-state index contributed by atoms with van der Waals surface area (Å²) in [4.78, 5) is 68.2. The summed E-state index contributed by atoms with van der Waals surface area (Å²) in [6, 6.07) is 7.03. The molecule has 44 heavy (non-hydrogen) atoms. The first kappa shape index (κ1) is 35.3. The minimum absolute atomic E-state index is 0.00633. The number of Topliss-reactive ketones (excluding diaryl/α,β-unsaturated/α-hetero) is 3. The van der Waals surface area contributed by atoms with Crippen LogP contribution in [0.15, 0.2) is 30.3 Å². The third-order valence-electron chi connectivity index (χ3n) is 8.93. The van der Waals surface area contributed by atoms with Gasteiger partial charge in [0, 0.05) is 37.6 Å². The summed E-state index contributed by atoms with van der Waals surface area (Å²) in [5.41, 5.74) is 0.0908. The Kier molecular flexibility index (Phi) is 11.5. The Morgan fingerprint density at radius 3 is 2.25 bits per heavy atom. The van der Waals surface area contributed by atoms with Gasteiger partial charge in [-0.2, -0.15) is 0 Å². The standard InChI is InChI=1S/C34H48F2N2O6/c1-8-12-23(29(41)27(40)17-21(4)22-13-10-9-11-14-22)18-26(39)28-24-15-16-34(35,36)25(24)19-38(28)31(42)30(33(5,6)7)37-32(43)44-20(2)3/h9-11,13-14,20-21,23-25,28,30H,8,12,15-19H2,1-7H3,(H,37,43)/t21-,23?,24-,25-,28-,30+/m0/s1. The Balaban J connectivity index is 1.86. The molecule has 0 radical (unpaired) electrons. The number of benzene rings is 1. The zero-order chi connectivity index (χ0) is 33.0. The summed E-state index contributed by atoms with van der Waals surface area (Å²) in [6.45, 7) is 11.9. The Hall–Kier alpha value is -3.17. The molecule has 1 saturated carbocycles. The van der Waals surface area contributed by atoms with Crippen LogP contribution in [0.1, 0.15) is 98.5 Å². The lowest BCUT2D eigenvalue weighted by Gasteiger charge is -2.36. The average molecular weight is 619 g/mol. The first-order valence-electron chi connectivity index (χ1n) is 15.8. The van der Waals surface area contributed by atoms with Crippen LogP contribution in [-0.2, 0) is 23.9 Å². The fourth-order valence-corrected chi connectivity index (χ4v) is 6.63. The highest BCUT2D eigenvalue weighted by Gasteiger charge is 2.61. The van der Waals surface area contributed by atoms with Gasteiger partial charge in [0.05, 0.1) is 12.1 Å². The van der Waals surface area contributed by atoms with Crippen molar-refractivity contribution in [2.24, 2.45) is 23.2 Å². The molecular formula is C34H48F2N2O6. The lowest BCUT2D eigenvalue weighted by Crippen LogP contribution is -2.57. The van der Waals surface area contributed by atoms with Crippen LogP contribution in [0.3, 0.4) is 0 Å². The number of carbonyl (C=O) groups excluding carboxylic acids is 5. The van der Waals surface area contributed by atoms with E-state index in [1.807, 2.05) is 44.2 Å². The van der Waals surface area contributed by atoms with Gasteiger partial charge in [-0.3, -0.25) is 19.2 Å². The predicted molar refractivity (Wildman–Crippen MR) is 162 cm³/mol. The largest absolute Gasteiger partial charge is 0.447 e. The number of amides is 2. The van der Waals surface area contributed by atoms with Gasteiger partial charge in [-0.25, -0.2) is 13.6 Å². The van der Waals surface area contributed by atoms with E-state index in [-0.39, 0.29) is 44.6 Å².